The average Bonchev–Trinajstić information content (AvgIpc) is 2.43. The fourth-order valence-corrected chi connectivity index (χ4v) is 2.22. The van der Waals surface area contributed by atoms with Gasteiger partial charge in [-0.2, -0.15) is 0 Å². The minimum Gasteiger partial charge on any atom is -0.507 e. The molecular weight excluding hydrogens is 353 g/mol. The van der Waals surface area contributed by atoms with Crippen LogP contribution in [-0.4, -0.2) is 26.2 Å². The number of benzene rings is 1. The lowest BCUT2D eigenvalue weighted by Gasteiger charge is -2.28. The first-order valence-corrected chi connectivity index (χ1v) is 7.10. The molecule has 0 saturated carbocycles. The monoisotopic (exact) mass is 361 g/mol. The summed E-state index contributed by atoms with van der Waals surface area (Å²) in [7, 11) is 0. The molecule has 8 heteroatoms. The summed E-state index contributed by atoms with van der Waals surface area (Å²) < 4.78 is 3.57. The molecule has 0 heterocycles. The minimum absolute atomic E-state index is 0.115. The van der Waals surface area contributed by atoms with Gasteiger partial charge < -0.3 is 15.6 Å². The van der Waals surface area contributed by atoms with Crippen molar-refractivity contribution in [2.75, 3.05) is 0 Å². The predicted octanol–water partition coefficient (Wildman–Crippen LogP) is 2.64. The Morgan fingerprint density at radius 3 is 2.36 bits per heavy atom. The van der Waals surface area contributed by atoms with Crippen molar-refractivity contribution in [2.45, 2.75) is 9.21 Å². The molecule has 1 aromatic rings. The SMILES string of the molecule is NC(=O)C1(Cl)C=CC(Cl)(Cl)C=C1OC(=O)c1ccccc1O. The van der Waals surface area contributed by atoms with Crippen molar-refractivity contribution in [3.63, 3.8) is 0 Å². The zero-order chi connectivity index (χ0) is 16.5. The lowest BCUT2D eigenvalue weighted by molar-refractivity contribution is -0.119. The third-order valence-corrected chi connectivity index (χ3v) is 3.87. The summed E-state index contributed by atoms with van der Waals surface area (Å²) in [6.07, 6.45) is 3.47. The summed E-state index contributed by atoms with van der Waals surface area (Å²) in [6.45, 7) is 0. The van der Waals surface area contributed by atoms with Gasteiger partial charge >= 0.3 is 5.97 Å². The Balaban J connectivity index is 2.37. The van der Waals surface area contributed by atoms with Crippen molar-refractivity contribution in [2.24, 2.45) is 5.73 Å². The molecule has 1 unspecified atom stereocenters. The number of hydrogen-bond donors (Lipinski definition) is 2. The Morgan fingerprint density at radius 1 is 1.14 bits per heavy atom. The van der Waals surface area contributed by atoms with E-state index in [-0.39, 0.29) is 17.1 Å². The number of carbonyl (C=O) groups excluding carboxylic acids is 2. The summed E-state index contributed by atoms with van der Waals surface area (Å²) in [5.74, 6) is -2.52. The first kappa shape index (κ1) is 16.7. The highest BCUT2D eigenvalue weighted by Crippen LogP contribution is 2.40. The number of ether oxygens (including phenoxy) is 1. The number of nitrogens with two attached hydrogens (primary N) is 1. The van der Waals surface area contributed by atoms with E-state index in [1.807, 2.05) is 0 Å². The van der Waals surface area contributed by atoms with E-state index in [0.29, 0.717) is 0 Å². The second-order valence-electron chi connectivity index (χ2n) is 4.50. The Labute approximate surface area is 140 Å². The standard InChI is InChI=1S/C14H10Cl3NO4/c15-13(16)5-6-14(17,12(18)21)10(7-13)22-11(20)8-3-1-2-4-9(8)19/h1-7,19H,(H2,18,21). The predicted molar refractivity (Wildman–Crippen MR) is 83.0 cm³/mol. The maximum atomic E-state index is 12.1. The van der Waals surface area contributed by atoms with E-state index in [9.17, 15) is 14.7 Å². The van der Waals surface area contributed by atoms with Gasteiger partial charge in [0.1, 0.15) is 17.1 Å². The maximum Gasteiger partial charge on any atom is 0.347 e. The number of phenolic OH excluding ortho intramolecular Hbond substituents is 1. The highest BCUT2D eigenvalue weighted by Gasteiger charge is 2.44. The number of amides is 1. The first-order valence-electron chi connectivity index (χ1n) is 5.96. The van der Waals surface area contributed by atoms with Gasteiger partial charge in [-0.3, -0.25) is 4.79 Å². The fraction of sp³-hybridized carbons (Fsp3) is 0.143. The van der Waals surface area contributed by atoms with Crippen LogP contribution in [0.2, 0.25) is 0 Å². The van der Waals surface area contributed by atoms with Gasteiger partial charge in [0, 0.05) is 0 Å². The van der Waals surface area contributed by atoms with Crippen LogP contribution in [0.3, 0.4) is 0 Å². The molecular formula is C14H10Cl3NO4. The van der Waals surface area contributed by atoms with Gasteiger partial charge in [-0.1, -0.05) is 46.9 Å². The van der Waals surface area contributed by atoms with E-state index in [0.717, 1.165) is 12.2 Å². The van der Waals surface area contributed by atoms with Gasteiger partial charge in [0.05, 0.1) is 0 Å². The summed E-state index contributed by atoms with van der Waals surface area (Å²) >= 11 is 17.9. The topological polar surface area (TPSA) is 89.6 Å². The van der Waals surface area contributed by atoms with Gasteiger partial charge in [-0.25, -0.2) is 4.79 Å². The van der Waals surface area contributed by atoms with Gasteiger partial charge in [-0.05, 0) is 30.4 Å². The van der Waals surface area contributed by atoms with Crippen molar-refractivity contribution < 1.29 is 19.4 Å². The molecule has 3 N–H and O–H groups in total. The number of primary amides is 1. The summed E-state index contributed by atoms with van der Waals surface area (Å²) in [5.41, 5.74) is 5.12. The lowest BCUT2D eigenvalue weighted by Crippen LogP contribution is -2.42. The summed E-state index contributed by atoms with van der Waals surface area (Å²) in [4.78, 5) is 21.8. The van der Waals surface area contributed by atoms with Crippen molar-refractivity contribution in [1.82, 2.24) is 0 Å². The molecule has 116 valence electrons. The van der Waals surface area contributed by atoms with Crippen molar-refractivity contribution >= 4 is 46.7 Å². The van der Waals surface area contributed by atoms with Gasteiger partial charge in [0.25, 0.3) is 0 Å². The van der Waals surface area contributed by atoms with Crippen LogP contribution in [0.1, 0.15) is 10.4 Å². The smallest absolute Gasteiger partial charge is 0.347 e. The normalized spacial score (nSPS) is 22.8. The van der Waals surface area contributed by atoms with E-state index < -0.39 is 21.1 Å². The molecule has 1 aromatic carbocycles. The van der Waals surface area contributed by atoms with Gasteiger partial charge in [0.2, 0.25) is 5.91 Å². The number of allylic oxidation sites excluding steroid dienone is 2. The quantitative estimate of drug-likeness (QED) is 0.491. The molecule has 1 aliphatic carbocycles. The number of phenols is 1. The molecule has 5 nitrogen and oxygen atoms in total. The number of carbonyl (C=O) groups is 2. The summed E-state index contributed by atoms with van der Waals surface area (Å²) in [6, 6.07) is 5.71. The number of alkyl halides is 3. The van der Waals surface area contributed by atoms with E-state index in [4.69, 9.17) is 45.3 Å². The van der Waals surface area contributed by atoms with Gasteiger partial charge in [-0.15, -0.1) is 0 Å². The number of hydrogen-bond acceptors (Lipinski definition) is 4. The van der Waals surface area contributed by atoms with Crippen LogP contribution in [0.25, 0.3) is 0 Å². The molecule has 2 rings (SSSR count). The third-order valence-electron chi connectivity index (χ3n) is 2.90. The van der Waals surface area contributed by atoms with Crippen molar-refractivity contribution in [1.29, 1.82) is 0 Å². The van der Waals surface area contributed by atoms with Crippen molar-refractivity contribution in [3.05, 3.63) is 53.8 Å². The molecule has 0 fully saturated rings. The average molecular weight is 363 g/mol. The Kier molecular flexibility index (Phi) is 4.42. The lowest BCUT2D eigenvalue weighted by atomic mass is 9.98. The zero-order valence-electron chi connectivity index (χ0n) is 10.9. The third kappa shape index (κ3) is 3.21. The molecule has 22 heavy (non-hydrogen) atoms. The molecule has 1 atom stereocenters. The highest BCUT2D eigenvalue weighted by atomic mass is 35.5. The Bertz CT molecular complexity index is 699. The van der Waals surface area contributed by atoms with E-state index in [1.165, 1.54) is 30.3 Å². The van der Waals surface area contributed by atoms with Crippen LogP contribution < -0.4 is 5.73 Å². The highest BCUT2D eigenvalue weighted by molar-refractivity contribution is 6.52. The van der Waals surface area contributed by atoms with Gasteiger partial charge in [0.15, 0.2) is 9.21 Å². The summed E-state index contributed by atoms with van der Waals surface area (Å²) in [5, 5.41) is 9.64. The molecule has 0 radical (unpaired) electrons. The van der Waals surface area contributed by atoms with Crippen LogP contribution >= 0.6 is 34.8 Å². The Hall–Kier alpha value is -1.69. The number of rotatable bonds is 3. The Morgan fingerprint density at radius 2 is 1.77 bits per heavy atom. The number of aromatic hydroxyl groups is 1. The van der Waals surface area contributed by atoms with E-state index in [2.05, 4.69) is 0 Å². The van der Waals surface area contributed by atoms with E-state index >= 15 is 0 Å². The maximum absolute atomic E-state index is 12.1. The molecule has 0 aliphatic heterocycles. The first-order chi connectivity index (χ1) is 10.2. The number of para-hydroxylation sites is 1. The fourth-order valence-electron chi connectivity index (χ4n) is 1.74. The molecule has 0 aromatic heterocycles. The second-order valence-corrected chi connectivity index (χ2v) is 6.54. The van der Waals surface area contributed by atoms with E-state index in [1.54, 1.807) is 0 Å². The van der Waals surface area contributed by atoms with Crippen LogP contribution in [-0.2, 0) is 9.53 Å². The number of halogens is 3. The van der Waals surface area contributed by atoms with Crippen LogP contribution in [0.4, 0.5) is 0 Å². The molecule has 1 amide bonds. The number of esters is 1. The minimum atomic E-state index is -1.90. The second kappa shape index (κ2) is 5.83. The molecule has 0 saturated heterocycles. The molecule has 1 aliphatic rings. The van der Waals surface area contributed by atoms with Crippen molar-refractivity contribution in [3.8, 4) is 5.75 Å². The van der Waals surface area contributed by atoms with Crippen LogP contribution in [0.15, 0.2) is 48.3 Å². The largest absolute Gasteiger partial charge is 0.507 e. The van der Waals surface area contributed by atoms with Crippen LogP contribution in [0.5, 0.6) is 5.75 Å². The molecule has 0 spiro atoms. The van der Waals surface area contributed by atoms with Crippen LogP contribution in [0, 0.1) is 0 Å². The molecule has 0 bridgehead atoms. The zero-order valence-corrected chi connectivity index (χ0v) is 13.2.